The Morgan fingerprint density at radius 1 is 1.54 bits per heavy atom. The van der Waals surface area contributed by atoms with Crippen LogP contribution in [0.25, 0.3) is 0 Å². The van der Waals surface area contributed by atoms with Gasteiger partial charge in [-0.25, -0.2) is 0 Å². The summed E-state index contributed by atoms with van der Waals surface area (Å²) < 4.78 is 4.54. The SMILES string of the molecule is COC(=O)CCCNCC1CCC1. The summed E-state index contributed by atoms with van der Waals surface area (Å²) in [6, 6.07) is 0. The van der Waals surface area contributed by atoms with Gasteiger partial charge in [-0.2, -0.15) is 0 Å². The third kappa shape index (κ3) is 4.27. The van der Waals surface area contributed by atoms with Gasteiger partial charge in [0.15, 0.2) is 0 Å². The minimum atomic E-state index is -0.106. The van der Waals surface area contributed by atoms with Crippen molar-refractivity contribution in [2.24, 2.45) is 5.92 Å². The fraction of sp³-hybridized carbons (Fsp3) is 0.900. The Morgan fingerprint density at radius 3 is 2.85 bits per heavy atom. The lowest BCUT2D eigenvalue weighted by Gasteiger charge is -2.25. The summed E-state index contributed by atoms with van der Waals surface area (Å²) in [5.41, 5.74) is 0. The zero-order valence-corrected chi connectivity index (χ0v) is 8.34. The molecule has 0 saturated heterocycles. The smallest absolute Gasteiger partial charge is 0.305 e. The van der Waals surface area contributed by atoms with Crippen LogP contribution < -0.4 is 5.32 Å². The number of nitrogens with one attached hydrogen (secondary N) is 1. The van der Waals surface area contributed by atoms with E-state index >= 15 is 0 Å². The average molecular weight is 185 g/mol. The van der Waals surface area contributed by atoms with Crippen molar-refractivity contribution in [3.63, 3.8) is 0 Å². The van der Waals surface area contributed by atoms with Crippen LogP contribution in [0.2, 0.25) is 0 Å². The number of methoxy groups -OCH3 is 1. The first-order chi connectivity index (χ1) is 6.33. The molecule has 0 amide bonds. The molecule has 13 heavy (non-hydrogen) atoms. The zero-order valence-electron chi connectivity index (χ0n) is 8.34. The second-order valence-corrected chi connectivity index (χ2v) is 3.68. The minimum absolute atomic E-state index is 0.106. The monoisotopic (exact) mass is 185 g/mol. The highest BCUT2D eigenvalue weighted by molar-refractivity contribution is 5.68. The lowest BCUT2D eigenvalue weighted by atomic mass is 9.85. The molecule has 3 nitrogen and oxygen atoms in total. The van der Waals surface area contributed by atoms with Crippen molar-refractivity contribution in [2.75, 3.05) is 20.2 Å². The topological polar surface area (TPSA) is 38.3 Å². The van der Waals surface area contributed by atoms with Gasteiger partial charge >= 0.3 is 5.97 Å². The summed E-state index contributed by atoms with van der Waals surface area (Å²) in [6.45, 7) is 2.06. The van der Waals surface area contributed by atoms with Crippen LogP contribution in [0, 0.1) is 5.92 Å². The Kier molecular flexibility index (Phi) is 4.83. The van der Waals surface area contributed by atoms with Crippen LogP contribution in [0.1, 0.15) is 32.1 Å². The van der Waals surface area contributed by atoms with E-state index in [9.17, 15) is 4.79 Å². The van der Waals surface area contributed by atoms with E-state index in [4.69, 9.17) is 0 Å². The predicted molar refractivity (Wildman–Crippen MR) is 51.5 cm³/mol. The van der Waals surface area contributed by atoms with Gasteiger partial charge in [0.25, 0.3) is 0 Å². The van der Waals surface area contributed by atoms with Crippen LogP contribution >= 0.6 is 0 Å². The first kappa shape index (κ1) is 10.5. The number of carbonyl (C=O) groups excluding carboxylic acids is 1. The van der Waals surface area contributed by atoms with Crippen LogP contribution in [-0.2, 0) is 9.53 Å². The van der Waals surface area contributed by atoms with E-state index < -0.39 is 0 Å². The summed E-state index contributed by atoms with van der Waals surface area (Å²) in [5, 5.41) is 3.36. The summed E-state index contributed by atoms with van der Waals surface area (Å²) in [7, 11) is 1.43. The van der Waals surface area contributed by atoms with Gasteiger partial charge in [-0.05, 0) is 38.3 Å². The van der Waals surface area contributed by atoms with Gasteiger partial charge in [-0.3, -0.25) is 4.79 Å². The van der Waals surface area contributed by atoms with Gasteiger partial charge in [0.1, 0.15) is 0 Å². The number of hydrogen-bond donors (Lipinski definition) is 1. The molecule has 0 atom stereocenters. The molecule has 1 fully saturated rings. The number of ether oxygens (including phenoxy) is 1. The average Bonchev–Trinajstić information content (AvgIpc) is 2.07. The second-order valence-electron chi connectivity index (χ2n) is 3.68. The third-order valence-corrected chi connectivity index (χ3v) is 2.62. The molecule has 1 aliphatic carbocycles. The molecule has 0 aromatic carbocycles. The van der Waals surface area contributed by atoms with Gasteiger partial charge in [0.2, 0.25) is 0 Å². The van der Waals surface area contributed by atoms with E-state index in [2.05, 4.69) is 10.1 Å². The highest BCUT2D eigenvalue weighted by Crippen LogP contribution is 2.24. The molecule has 1 aliphatic rings. The fourth-order valence-electron chi connectivity index (χ4n) is 1.46. The molecule has 76 valence electrons. The molecule has 0 radical (unpaired) electrons. The Balaban J connectivity index is 1.80. The lowest BCUT2D eigenvalue weighted by molar-refractivity contribution is -0.140. The summed E-state index contributed by atoms with van der Waals surface area (Å²) in [5.74, 6) is 0.795. The molecular formula is C10H19NO2. The lowest BCUT2D eigenvalue weighted by Crippen LogP contribution is -2.28. The zero-order chi connectivity index (χ0) is 9.52. The van der Waals surface area contributed by atoms with Gasteiger partial charge in [0.05, 0.1) is 7.11 Å². The van der Waals surface area contributed by atoms with Gasteiger partial charge in [-0.15, -0.1) is 0 Å². The molecule has 0 aromatic heterocycles. The number of rotatable bonds is 6. The van der Waals surface area contributed by atoms with Gasteiger partial charge in [0, 0.05) is 6.42 Å². The first-order valence-corrected chi connectivity index (χ1v) is 5.10. The van der Waals surface area contributed by atoms with Crippen LogP contribution in [0.5, 0.6) is 0 Å². The second kappa shape index (κ2) is 5.97. The molecule has 0 aliphatic heterocycles. The normalized spacial score (nSPS) is 16.7. The van der Waals surface area contributed by atoms with Crippen molar-refractivity contribution in [3.05, 3.63) is 0 Å². The standard InChI is InChI=1S/C10H19NO2/c1-13-10(12)6-3-7-11-8-9-4-2-5-9/h9,11H,2-8H2,1H3. The van der Waals surface area contributed by atoms with Crippen molar-refractivity contribution >= 4 is 5.97 Å². The molecule has 1 N–H and O–H groups in total. The van der Waals surface area contributed by atoms with Crippen molar-refractivity contribution in [3.8, 4) is 0 Å². The van der Waals surface area contributed by atoms with E-state index in [0.29, 0.717) is 6.42 Å². The van der Waals surface area contributed by atoms with E-state index in [0.717, 1.165) is 25.4 Å². The van der Waals surface area contributed by atoms with Crippen molar-refractivity contribution in [1.29, 1.82) is 0 Å². The molecule has 0 spiro atoms. The van der Waals surface area contributed by atoms with Crippen LogP contribution in [-0.4, -0.2) is 26.2 Å². The number of hydrogen-bond acceptors (Lipinski definition) is 3. The van der Waals surface area contributed by atoms with E-state index in [-0.39, 0.29) is 5.97 Å². The maximum absolute atomic E-state index is 10.7. The van der Waals surface area contributed by atoms with Crippen LogP contribution in [0.3, 0.4) is 0 Å². The molecule has 1 saturated carbocycles. The molecule has 1 rings (SSSR count). The Bertz CT molecular complexity index is 155. The quantitative estimate of drug-likeness (QED) is 0.501. The van der Waals surface area contributed by atoms with Crippen LogP contribution in [0.4, 0.5) is 0 Å². The van der Waals surface area contributed by atoms with Crippen LogP contribution in [0.15, 0.2) is 0 Å². The summed E-state index contributed by atoms with van der Waals surface area (Å²) in [6.07, 6.45) is 5.58. The van der Waals surface area contributed by atoms with Crippen molar-refractivity contribution < 1.29 is 9.53 Å². The summed E-state index contributed by atoms with van der Waals surface area (Å²) in [4.78, 5) is 10.7. The Hall–Kier alpha value is -0.570. The highest BCUT2D eigenvalue weighted by atomic mass is 16.5. The molecule has 0 bridgehead atoms. The molecular weight excluding hydrogens is 166 g/mol. The van der Waals surface area contributed by atoms with Gasteiger partial charge in [-0.1, -0.05) is 6.42 Å². The number of esters is 1. The van der Waals surface area contributed by atoms with Crippen molar-refractivity contribution in [1.82, 2.24) is 5.32 Å². The first-order valence-electron chi connectivity index (χ1n) is 5.10. The highest BCUT2D eigenvalue weighted by Gasteiger charge is 2.15. The largest absolute Gasteiger partial charge is 0.469 e. The molecule has 0 aromatic rings. The predicted octanol–water partition coefficient (Wildman–Crippen LogP) is 1.33. The third-order valence-electron chi connectivity index (χ3n) is 2.62. The molecule has 3 heteroatoms. The van der Waals surface area contributed by atoms with Crippen molar-refractivity contribution in [2.45, 2.75) is 32.1 Å². The maximum Gasteiger partial charge on any atom is 0.305 e. The molecule has 0 heterocycles. The number of carbonyl (C=O) groups is 1. The minimum Gasteiger partial charge on any atom is -0.469 e. The van der Waals surface area contributed by atoms with Gasteiger partial charge < -0.3 is 10.1 Å². The fourth-order valence-corrected chi connectivity index (χ4v) is 1.46. The van der Waals surface area contributed by atoms with E-state index in [1.165, 1.54) is 26.4 Å². The summed E-state index contributed by atoms with van der Waals surface area (Å²) >= 11 is 0. The Morgan fingerprint density at radius 2 is 2.31 bits per heavy atom. The van der Waals surface area contributed by atoms with E-state index in [1.807, 2.05) is 0 Å². The molecule has 0 unspecified atom stereocenters. The Labute approximate surface area is 79.8 Å². The van der Waals surface area contributed by atoms with E-state index in [1.54, 1.807) is 0 Å². The maximum atomic E-state index is 10.7.